The van der Waals surface area contributed by atoms with E-state index in [1.807, 2.05) is 0 Å². The Balaban J connectivity index is 2.86. The summed E-state index contributed by atoms with van der Waals surface area (Å²) in [6.07, 6.45) is 2.45. The number of hydrogen-bond donors (Lipinski definition) is 1. The summed E-state index contributed by atoms with van der Waals surface area (Å²) in [4.78, 5) is 0. The van der Waals surface area contributed by atoms with Gasteiger partial charge >= 0.3 is 0 Å². The van der Waals surface area contributed by atoms with Gasteiger partial charge in [-0.15, -0.1) is 0 Å². The third-order valence-electron chi connectivity index (χ3n) is 2.98. The van der Waals surface area contributed by atoms with Crippen molar-refractivity contribution in [3.8, 4) is 0 Å². The third-order valence-corrected chi connectivity index (χ3v) is 2.98. The molecular formula is C11H21N. The second-order valence-electron chi connectivity index (χ2n) is 4.42. The van der Waals surface area contributed by atoms with Crippen LogP contribution in [0, 0.1) is 5.41 Å². The predicted octanol–water partition coefficient (Wildman–Crippen LogP) is 2.73. The number of nitrogens with one attached hydrogen (secondary N) is 1. The minimum absolute atomic E-state index is 0.387. The molecule has 0 saturated carbocycles. The molecule has 1 saturated heterocycles. The SMILES string of the molecule is CC/C(C)=C1\CCNCC1(C)C. The van der Waals surface area contributed by atoms with Gasteiger partial charge in [0.15, 0.2) is 0 Å². The maximum absolute atomic E-state index is 3.45. The minimum Gasteiger partial charge on any atom is -0.316 e. The fourth-order valence-electron chi connectivity index (χ4n) is 2.06. The first-order chi connectivity index (χ1) is 5.58. The molecule has 0 aromatic rings. The molecule has 1 aliphatic rings. The number of hydrogen-bond acceptors (Lipinski definition) is 1. The molecule has 0 radical (unpaired) electrons. The van der Waals surface area contributed by atoms with Crippen LogP contribution in [0.1, 0.15) is 40.5 Å². The van der Waals surface area contributed by atoms with Crippen LogP contribution in [-0.4, -0.2) is 13.1 Å². The molecule has 0 atom stereocenters. The zero-order chi connectivity index (χ0) is 9.19. The van der Waals surface area contributed by atoms with Crippen molar-refractivity contribution in [1.82, 2.24) is 5.32 Å². The molecule has 1 heteroatoms. The van der Waals surface area contributed by atoms with Crippen LogP contribution in [0.3, 0.4) is 0 Å². The normalized spacial score (nSPS) is 27.0. The van der Waals surface area contributed by atoms with Crippen molar-refractivity contribution in [2.75, 3.05) is 13.1 Å². The summed E-state index contributed by atoms with van der Waals surface area (Å²) in [6, 6.07) is 0. The minimum atomic E-state index is 0.387. The van der Waals surface area contributed by atoms with Crippen LogP contribution >= 0.6 is 0 Å². The van der Waals surface area contributed by atoms with Gasteiger partial charge in [-0.05, 0) is 31.7 Å². The molecule has 1 N–H and O–H groups in total. The molecule has 1 aliphatic heterocycles. The Morgan fingerprint density at radius 2 is 2.17 bits per heavy atom. The number of allylic oxidation sites excluding steroid dienone is 1. The molecule has 1 fully saturated rings. The Kier molecular flexibility index (Phi) is 2.94. The van der Waals surface area contributed by atoms with E-state index in [2.05, 4.69) is 33.0 Å². The van der Waals surface area contributed by atoms with E-state index in [9.17, 15) is 0 Å². The zero-order valence-electron chi connectivity index (χ0n) is 8.83. The standard InChI is InChI=1S/C11H21N/c1-5-9(2)10-6-7-12-8-11(10,3)4/h12H,5-8H2,1-4H3/b10-9+. The Morgan fingerprint density at radius 3 is 2.67 bits per heavy atom. The Bertz CT molecular complexity index is 189. The first kappa shape index (κ1) is 9.79. The zero-order valence-corrected chi connectivity index (χ0v) is 8.83. The van der Waals surface area contributed by atoms with Crippen molar-refractivity contribution in [2.45, 2.75) is 40.5 Å². The van der Waals surface area contributed by atoms with E-state index in [0.29, 0.717) is 5.41 Å². The molecule has 0 aliphatic carbocycles. The third kappa shape index (κ3) is 1.89. The summed E-state index contributed by atoms with van der Waals surface area (Å²) in [5.41, 5.74) is 3.67. The van der Waals surface area contributed by atoms with Crippen molar-refractivity contribution in [3.05, 3.63) is 11.1 Å². The second-order valence-corrected chi connectivity index (χ2v) is 4.42. The molecule has 0 amide bonds. The first-order valence-electron chi connectivity index (χ1n) is 4.97. The van der Waals surface area contributed by atoms with E-state index in [4.69, 9.17) is 0 Å². The molecule has 0 aromatic carbocycles. The van der Waals surface area contributed by atoms with E-state index in [0.717, 1.165) is 13.1 Å². The Hall–Kier alpha value is -0.300. The average Bonchev–Trinajstić information content (AvgIpc) is 2.02. The van der Waals surface area contributed by atoms with Crippen molar-refractivity contribution >= 4 is 0 Å². The number of piperidine rings is 1. The summed E-state index contributed by atoms with van der Waals surface area (Å²) in [5.74, 6) is 0. The highest BCUT2D eigenvalue weighted by atomic mass is 14.9. The monoisotopic (exact) mass is 167 g/mol. The Morgan fingerprint density at radius 1 is 1.50 bits per heavy atom. The molecular weight excluding hydrogens is 146 g/mol. The lowest BCUT2D eigenvalue weighted by atomic mass is 9.77. The molecule has 1 heterocycles. The molecule has 0 unspecified atom stereocenters. The summed E-state index contributed by atoms with van der Waals surface area (Å²) in [7, 11) is 0. The van der Waals surface area contributed by atoms with Crippen molar-refractivity contribution in [2.24, 2.45) is 5.41 Å². The van der Waals surface area contributed by atoms with Gasteiger partial charge < -0.3 is 5.32 Å². The Labute approximate surface area is 76.2 Å². The summed E-state index contributed by atoms with van der Waals surface area (Å²) >= 11 is 0. The fourth-order valence-corrected chi connectivity index (χ4v) is 2.06. The molecule has 0 spiro atoms. The maximum atomic E-state index is 3.45. The van der Waals surface area contributed by atoms with Crippen LogP contribution in [0.5, 0.6) is 0 Å². The van der Waals surface area contributed by atoms with Gasteiger partial charge in [0.25, 0.3) is 0 Å². The van der Waals surface area contributed by atoms with Gasteiger partial charge in [0.05, 0.1) is 0 Å². The molecule has 1 nitrogen and oxygen atoms in total. The lowest BCUT2D eigenvalue weighted by Gasteiger charge is -2.35. The highest BCUT2D eigenvalue weighted by Crippen LogP contribution is 2.33. The van der Waals surface area contributed by atoms with E-state index in [-0.39, 0.29) is 0 Å². The van der Waals surface area contributed by atoms with E-state index >= 15 is 0 Å². The highest BCUT2D eigenvalue weighted by Gasteiger charge is 2.27. The number of rotatable bonds is 1. The maximum Gasteiger partial charge on any atom is 0.00401 e. The van der Waals surface area contributed by atoms with E-state index < -0.39 is 0 Å². The molecule has 1 rings (SSSR count). The van der Waals surface area contributed by atoms with Gasteiger partial charge in [0, 0.05) is 6.54 Å². The topological polar surface area (TPSA) is 12.0 Å². The highest BCUT2D eigenvalue weighted by molar-refractivity contribution is 5.21. The quantitative estimate of drug-likeness (QED) is 0.592. The van der Waals surface area contributed by atoms with Crippen molar-refractivity contribution in [3.63, 3.8) is 0 Å². The summed E-state index contributed by atoms with van der Waals surface area (Å²) in [6.45, 7) is 11.5. The van der Waals surface area contributed by atoms with Crippen LogP contribution in [0.15, 0.2) is 11.1 Å². The van der Waals surface area contributed by atoms with Gasteiger partial charge in [-0.25, -0.2) is 0 Å². The van der Waals surface area contributed by atoms with Gasteiger partial charge in [-0.1, -0.05) is 31.9 Å². The lowest BCUT2D eigenvalue weighted by Crippen LogP contribution is -2.38. The predicted molar refractivity (Wildman–Crippen MR) is 54.3 cm³/mol. The molecule has 0 aromatic heterocycles. The molecule has 12 heavy (non-hydrogen) atoms. The van der Waals surface area contributed by atoms with Gasteiger partial charge in [-0.3, -0.25) is 0 Å². The van der Waals surface area contributed by atoms with E-state index in [1.54, 1.807) is 11.1 Å². The summed E-state index contributed by atoms with van der Waals surface area (Å²) < 4.78 is 0. The van der Waals surface area contributed by atoms with Crippen molar-refractivity contribution in [1.29, 1.82) is 0 Å². The summed E-state index contributed by atoms with van der Waals surface area (Å²) in [5, 5.41) is 3.45. The van der Waals surface area contributed by atoms with Gasteiger partial charge in [-0.2, -0.15) is 0 Å². The van der Waals surface area contributed by atoms with Gasteiger partial charge in [0.2, 0.25) is 0 Å². The van der Waals surface area contributed by atoms with Crippen LogP contribution in [0.25, 0.3) is 0 Å². The molecule has 0 bridgehead atoms. The van der Waals surface area contributed by atoms with Crippen LogP contribution in [-0.2, 0) is 0 Å². The van der Waals surface area contributed by atoms with Crippen molar-refractivity contribution < 1.29 is 0 Å². The fraction of sp³-hybridized carbons (Fsp3) is 0.818. The lowest BCUT2D eigenvalue weighted by molar-refractivity contribution is 0.352. The van der Waals surface area contributed by atoms with Crippen LogP contribution < -0.4 is 5.32 Å². The van der Waals surface area contributed by atoms with Crippen LogP contribution in [0.2, 0.25) is 0 Å². The largest absolute Gasteiger partial charge is 0.316 e. The van der Waals surface area contributed by atoms with Gasteiger partial charge in [0.1, 0.15) is 0 Å². The second kappa shape index (κ2) is 3.61. The molecule has 70 valence electrons. The van der Waals surface area contributed by atoms with Crippen LogP contribution in [0.4, 0.5) is 0 Å². The first-order valence-corrected chi connectivity index (χ1v) is 4.97. The average molecular weight is 167 g/mol. The smallest absolute Gasteiger partial charge is 0.00401 e. The van der Waals surface area contributed by atoms with E-state index in [1.165, 1.54) is 12.8 Å².